The Labute approximate surface area is 135 Å². The van der Waals surface area contributed by atoms with Crippen molar-refractivity contribution in [2.24, 2.45) is 5.41 Å². The number of rotatable bonds is 4. The molecule has 1 heterocycles. The Morgan fingerprint density at radius 3 is 2.30 bits per heavy atom. The van der Waals surface area contributed by atoms with Crippen molar-refractivity contribution < 1.29 is 13.9 Å². The Morgan fingerprint density at radius 1 is 1.13 bits per heavy atom. The zero-order valence-corrected chi connectivity index (χ0v) is 13.5. The third-order valence-electron chi connectivity index (χ3n) is 4.84. The van der Waals surface area contributed by atoms with E-state index in [2.05, 4.69) is 5.32 Å². The third-order valence-corrected chi connectivity index (χ3v) is 4.84. The van der Waals surface area contributed by atoms with E-state index < -0.39 is 11.0 Å². The zero-order chi connectivity index (χ0) is 16.7. The third kappa shape index (κ3) is 2.34. The fraction of sp³-hybridized carbons (Fsp3) is 0.316. The fourth-order valence-electron chi connectivity index (χ4n) is 3.45. The Morgan fingerprint density at radius 2 is 1.74 bits per heavy atom. The second-order valence-electron chi connectivity index (χ2n) is 6.42. The minimum absolute atomic E-state index is 0.0248. The fourth-order valence-corrected chi connectivity index (χ4v) is 3.45. The van der Waals surface area contributed by atoms with Crippen LogP contribution in [0.1, 0.15) is 31.0 Å². The van der Waals surface area contributed by atoms with Crippen molar-refractivity contribution in [1.29, 1.82) is 0 Å². The van der Waals surface area contributed by atoms with Gasteiger partial charge in [0.15, 0.2) is 0 Å². The summed E-state index contributed by atoms with van der Waals surface area (Å²) in [6.45, 7) is 3.72. The largest absolute Gasteiger partial charge is 0.469 e. The highest BCUT2D eigenvalue weighted by molar-refractivity contribution is 5.80. The van der Waals surface area contributed by atoms with E-state index in [0.29, 0.717) is 0 Å². The van der Waals surface area contributed by atoms with Crippen LogP contribution in [-0.2, 0) is 15.1 Å². The van der Waals surface area contributed by atoms with Crippen molar-refractivity contribution in [3.8, 4) is 0 Å². The van der Waals surface area contributed by atoms with Crippen LogP contribution in [-0.4, -0.2) is 13.1 Å². The van der Waals surface area contributed by atoms with Crippen LogP contribution in [0.5, 0.6) is 0 Å². The molecule has 3 nitrogen and oxygen atoms in total. The molecule has 3 rings (SSSR count). The summed E-state index contributed by atoms with van der Waals surface area (Å²) >= 11 is 0. The normalized spacial score (nSPS) is 23.4. The summed E-state index contributed by atoms with van der Waals surface area (Å²) in [7, 11) is 1.39. The maximum atomic E-state index is 13.3. The van der Waals surface area contributed by atoms with Gasteiger partial charge in [0.1, 0.15) is 5.82 Å². The monoisotopic (exact) mass is 313 g/mol. The smallest absolute Gasteiger partial charge is 0.313 e. The SMILES string of the molecule is COC(=O)C(C)(C)[C@]1(c2ccc(F)cc2)N[C@H]1c1ccccc1. The van der Waals surface area contributed by atoms with Crippen LogP contribution in [0.25, 0.3) is 0 Å². The van der Waals surface area contributed by atoms with Gasteiger partial charge < -0.3 is 4.74 Å². The molecule has 0 amide bonds. The molecule has 120 valence electrons. The standard InChI is InChI=1S/C19H20FNO2/c1-18(2,17(22)23-3)19(14-9-11-15(20)12-10-14)16(21-19)13-7-5-4-6-8-13/h4-12,16,21H,1-3H3/t16-,19+/m0/s1. The van der Waals surface area contributed by atoms with E-state index in [1.54, 1.807) is 12.1 Å². The molecular weight excluding hydrogens is 293 g/mol. The van der Waals surface area contributed by atoms with Crippen molar-refractivity contribution in [3.63, 3.8) is 0 Å². The van der Waals surface area contributed by atoms with Crippen molar-refractivity contribution >= 4 is 5.97 Å². The number of halogens is 1. The van der Waals surface area contributed by atoms with Crippen molar-refractivity contribution in [1.82, 2.24) is 5.32 Å². The lowest BCUT2D eigenvalue weighted by atomic mass is 9.71. The average Bonchev–Trinajstić information content (AvgIpc) is 3.33. The van der Waals surface area contributed by atoms with Crippen molar-refractivity contribution in [2.45, 2.75) is 25.4 Å². The number of benzene rings is 2. The number of esters is 1. The van der Waals surface area contributed by atoms with Gasteiger partial charge in [0.2, 0.25) is 0 Å². The summed E-state index contributed by atoms with van der Waals surface area (Å²) in [5.41, 5.74) is 0.548. The minimum atomic E-state index is -0.805. The van der Waals surface area contributed by atoms with E-state index in [1.807, 2.05) is 44.2 Å². The van der Waals surface area contributed by atoms with Gasteiger partial charge in [-0.1, -0.05) is 42.5 Å². The first kappa shape index (κ1) is 15.7. The highest BCUT2D eigenvalue weighted by atomic mass is 19.1. The molecule has 0 bridgehead atoms. The Bertz CT molecular complexity index is 712. The molecule has 2 aromatic carbocycles. The molecule has 0 spiro atoms. The summed E-state index contributed by atoms with van der Waals surface area (Å²) in [6.07, 6.45) is 0. The van der Waals surface area contributed by atoms with Crippen molar-refractivity contribution in [3.05, 3.63) is 71.5 Å². The van der Waals surface area contributed by atoms with E-state index in [9.17, 15) is 9.18 Å². The number of hydrogen-bond acceptors (Lipinski definition) is 3. The molecule has 1 aliphatic heterocycles. The van der Waals surface area contributed by atoms with E-state index in [4.69, 9.17) is 4.74 Å². The molecule has 2 aromatic rings. The predicted octanol–water partition coefficient (Wildman–Crippen LogP) is 3.56. The first-order valence-corrected chi connectivity index (χ1v) is 7.60. The van der Waals surface area contributed by atoms with Gasteiger partial charge >= 0.3 is 5.97 Å². The van der Waals surface area contributed by atoms with Gasteiger partial charge in [0, 0.05) is 0 Å². The molecule has 1 fully saturated rings. The molecule has 0 radical (unpaired) electrons. The van der Waals surface area contributed by atoms with Crippen LogP contribution >= 0.6 is 0 Å². The molecule has 1 aliphatic rings. The minimum Gasteiger partial charge on any atom is -0.469 e. The first-order valence-electron chi connectivity index (χ1n) is 7.60. The Hall–Kier alpha value is -2.20. The molecule has 0 saturated carbocycles. The van der Waals surface area contributed by atoms with E-state index >= 15 is 0 Å². The van der Waals surface area contributed by atoms with Gasteiger partial charge in [-0.2, -0.15) is 0 Å². The van der Waals surface area contributed by atoms with E-state index in [0.717, 1.165) is 11.1 Å². The second kappa shape index (κ2) is 5.46. The number of nitrogens with one attached hydrogen (secondary N) is 1. The van der Waals surface area contributed by atoms with Gasteiger partial charge in [-0.25, -0.2) is 4.39 Å². The topological polar surface area (TPSA) is 48.2 Å². The number of carbonyl (C=O) groups excluding carboxylic acids is 1. The Balaban J connectivity index is 2.09. The van der Waals surface area contributed by atoms with Crippen LogP contribution < -0.4 is 5.32 Å². The molecule has 0 aliphatic carbocycles. The molecule has 4 heteroatoms. The van der Waals surface area contributed by atoms with Gasteiger partial charge in [-0.3, -0.25) is 10.1 Å². The lowest BCUT2D eigenvalue weighted by molar-refractivity contribution is -0.153. The molecule has 1 N–H and O–H groups in total. The predicted molar refractivity (Wildman–Crippen MR) is 86.2 cm³/mol. The van der Waals surface area contributed by atoms with Gasteiger partial charge in [-0.05, 0) is 37.1 Å². The lowest BCUT2D eigenvalue weighted by Gasteiger charge is -2.32. The number of ether oxygens (including phenoxy) is 1. The second-order valence-corrected chi connectivity index (χ2v) is 6.42. The summed E-state index contributed by atoms with van der Waals surface area (Å²) in [6, 6.07) is 16.2. The summed E-state index contributed by atoms with van der Waals surface area (Å²) in [5.74, 6) is -0.593. The number of hydrogen-bond donors (Lipinski definition) is 1. The van der Waals surface area contributed by atoms with Crippen molar-refractivity contribution in [2.75, 3.05) is 7.11 Å². The summed E-state index contributed by atoms with van der Waals surface area (Å²) in [5, 5.41) is 3.47. The molecule has 1 saturated heterocycles. The van der Waals surface area contributed by atoms with E-state index in [-0.39, 0.29) is 17.8 Å². The maximum Gasteiger partial charge on any atom is 0.313 e. The van der Waals surface area contributed by atoms with Crippen LogP contribution in [0.3, 0.4) is 0 Å². The first-order chi connectivity index (χ1) is 10.9. The quantitative estimate of drug-likeness (QED) is 0.693. The average molecular weight is 313 g/mol. The molecule has 0 unspecified atom stereocenters. The van der Waals surface area contributed by atoms with Crippen LogP contribution in [0.4, 0.5) is 4.39 Å². The highest BCUT2D eigenvalue weighted by Crippen LogP contribution is 2.59. The van der Waals surface area contributed by atoms with Gasteiger partial charge in [0.05, 0.1) is 24.1 Å². The number of carbonyl (C=O) groups is 1. The number of methoxy groups -OCH3 is 1. The maximum absolute atomic E-state index is 13.3. The molecule has 2 atom stereocenters. The lowest BCUT2D eigenvalue weighted by Crippen LogP contribution is -2.41. The molecule has 23 heavy (non-hydrogen) atoms. The molecular formula is C19H20FNO2. The Kier molecular flexibility index (Phi) is 3.72. The zero-order valence-electron chi connectivity index (χ0n) is 13.5. The van der Waals surface area contributed by atoms with Gasteiger partial charge in [-0.15, -0.1) is 0 Å². The highest BCUT2D eigenvalue weighted by Gasteiger charge is 2.67. The van der Waals surface area contributed by atoms with E-state index in [1.165, 1.54) is 19.2 Å². The van der Waals surface area contributed by atoms with Crippen LogP contribution in [0.2, 0.25) is 0 Å². The van der Waals surface area contributed by atoms with Crippen LogP contribution in [0, 0.1) is 11.2 Å². The van der Waals surface area contributed by atoms with Gasteiger partial charge in [0.25, 0.3) is 0 Å². The summed E-state index contributed by atoms with van der Waals surface area (Å²) in [4.78, 5) is 12.4. The van der Waals surface area contributed by atoms with Crippen LogP contribution in [0.15, 0.2) is 54.6 Å². The summed E-state index contributed by atoms with van der Waals surface area (Å²) < 4.78 is 18.3. The molecule has 0 aromatic heterocycles.